The molecule has 22 heavy (non-hydrogen) atoms. The quantitative estimate of drug-likeness (QED) is 0.299. The largest absolute Gasteiger partial charge is 0.543 e. The summed E-state index contributed by atoms with van der Waals surface area (Å²) in [4.78, 5) is 31.2. The molecule has 0 N–H and O–H groups in total. The van der Waals surface area contributed by atoms with Crippen LogP contribution in [-0.2, 0) is 19.6 Å². The van der Waals surface area contributed by atoms with Crippen LogP contribution in [0.4, 0.5) is 4.79 Å². The van der Waals surface area contributed by atoms with Gasteiger partial charge in [0.1, 0.15) is 5.75 Å². The number of hydrogen-bond donors (Lipinski definition) is 0. The summed E-state index contributed by atoms with van der Waals surface area (Å²) in [5, 5.41) is 4.10. The Kier molecular flexibility index (Phi) is 8.44. The Balaban J connectivity index is 2.28. The average molecular weight is 312 g/mol. The third-order valence-corrected chi connectivity index (χ3v) is 2.56. The molecule has 0 atom stereocenters. The molecule has 1 aromatic rings. The summed E-state index contributed by atoms with van der Waals surface area (Å²) in [5.74, 6) is -0.298. The maximum atomic E-state index is 11.6. The minimum Gasteiger partial charge on any atom is -0.494 e. The molecule has 0 radical (unpaired) electrons. The van der Waals surface area contributed by atoms with E-state index >= 15 is 0 Å². The van der Waals surface area contributed by atoms with E-state index in [9.17, 15) is 9.59 Å². The van der Waals surface area contributed by atoms with Crippen molar-refractivity contribution in [3.05, 3.63) is 29.8 Å². The highest BCUT2D eigenvalue weighted by atomic mass is 17.5. The van der Waals surface area contributed by atoms with Gasteiger partial charge in [-0.2, -0.15) is 0 Å². The van der Waals surface area contributed by atoms with Gasteiger partial charge >= 0.3 is 12.1 Å². The van der Waals surface area contributed by atoms with Crippen molar-refractivity contribution >= 4 is 12.1 Å². The fourth-order valence-electron chi connectivity index (χ4n) is 1.53. The summed E-state index contributed by atoms with van der Waals surface area (Å²) < 4.78 is 9.93. The Morgan fingerprint density at radius 3 is 2.64 bits per heavy atom. The van der Waals surface area contributed by atoms with Gasteiger partial charge in [0.25, 0.3) is 0 Å². The van der Waals surface area contributed by atoms with Crippen molar-refractivity contribution in [1.82, 2.24) is 0 Å². The molecule has 1 aromatic carbocycles. The lowest BCUT2D eigenvalue weighted by atomic mass is 10.2. The number of carbonyl (C=O) groups excluding carboxylic acids is 2. The van der Waals surface area contributed by atoms with Gasteiger partial charge in [0.15, 0.2) is 0 Å². The van der Waals surface area contributed by atoms with Crippen LogP contribution in [0.15, 0.2) is 24.3 Å². The molecule has 122 valence electrons. The summed E-state index contributed by atoms with van der Waals surface area (Å²) in [6, 6.07) is 6.32. The third-order valence-electron chi connectivity index (χ3n) is 2.56. The molecule has 0 heterocycles. The van der Waals surface area contributed by atoms with Crippen molar-refractivity contribution in [3.63, 3.8) is 0 Å². The highest BCUT2D eigenvalue weighted by molar-refractivity contribution is 5.89. The van der Waals surface area contributed by atoms with E-state index in [2.05, 4.69) is 19.6 Å². The maximum Gasteiger partial charge on any atom is 0.543 e. The van der Waals surface area contributed by atoms with Crippen LogP contribution in [0.5, 0.6) is 5.75 Å². The van der Waals surface area contributed by atoms with Crippen LogP contribution in [0.3, 0.4) is 0 Å². The number of unbranched alkanes of at least 4 members (excludes halogenated alkanes) is 2. The van der Waals surface area contributed by atoms with Gasteiger partial charge in [0.2, 0.25) is 0 Å². The topological polar surface area (TPSA) is 80.3 Å². The summed E-state index contributed by atoms with van der Waals surface area (Å²) >= 11 is 0. The Hall–Kier alpha value is -2.28. The molecule has 7 heteroatoms. The van der Waals surface area contributed by atoms with Gasteiger partial charge in [0, 0.05) is 0 Å². The zero-order valence-electron chi connectivity index (χ0n) is 12.7. The minimum absolute atomic E-state index is 0.200. The first-order valence-electron chi connectivity index (χ1n) is 7.12. The molecule has 0 amide bonds. The van der Waals surface area contributed by atoms with Crippen LogP contribution in [0.2, 0.25) is 0 Å². The number of ether oxygens (including phenoxy) is 2. The number of hydrogen-bond acceptors (Lipinski definition) is 7. The Morgan fingerprint density at radius 1 is 1.09 bits per heavy atom. The normalized spacial score (nSPS) is 9.91. The smallest absolute Gasteiger partial charge is 0.494 e. The number of rotatable bonds is 9. The predicted octanol–water partition coefficient (Wildman–Crippen LogP) is 3.43. The summed E-state index contributed by atoms with van der Waals surface area (Å²) in [6.07, 6.45) is 1.62. The summed E-state index contributed by atoms with van der Waals surface area (Å²) in [5.41, 5.74) is 0.200. The minimum atomic E-state index is -1.06. The van der Waals surface area contributed by atoms with E-state index in [0.717, 1.165) is 19.3 Å². The van der Waals surface area contributed by atoms with Crippen LogP contribution in [0.1, 0.15) is 43.5 Å². The second-order valence-corrected chi connectivity index (χ2v) is 4.29. The summed E-state index contributed by atoms with van der Waals surface area (Å²) in [6.45, 7) is 4.55. The van der Waals surface area contributed by atoms with Gasteiger partial charge in [-0.15, -0.1) is 0 Å². The molecule has 0 aromatic heterocycles. The molecule has 0 aliphatic carbocycles. The molecule has 0 saturated carbocycles. The zero-order chi connectivity index (χ0) is 16.2. The van der Waals surface area contributed by atoms with Gasteiger partial charge in [0.05, 0.1) is 23.8 Å². The van der Waals surface area contributed by atoms with Crippen LogP contribution in [0, 0.1) is 0 Å². The molecular formula is C15H20O7. The molecule has 0 saturated heterocycles. The van der Waals surface area contributed by atoms with Crippen molar-refractivity contribution in [1.29, 1.82) is 0 Å². The lowest BCUT2D eigenvalue weighted by molar-refractivity contribution is -0.452. The van der Waals surface area contributed by atoms with Gasteiger partial charge in [-0.05, 0) is 31.5 Å². The SMILES string of the molecule is CCCCCOC(=O)OOOC(=O)c1cccc(OCC)c1. The Bertz CT molecular complexity index is 473. The van der Waals surface area contributed by atoms with E-state index in [0.29, 0.717) is 12.4 Å². The standard InChI is InChI=1S/C15H20O7/c1-3-5-6-10-19-15(17)21-22-20-14(16)12-8-7-9-13(11-12)18-4-2/h7-9,11H,3-6,10H2,1-2H3. The molecule has 0 aliphatic rings. The van der Waals surface area contributed by atoms with Gasteiger partial charge in [-0.25, -0.2) is 14.5 Å². The van der Waals surface area contributed by atoms with E-state index in [-0.39, 0.29) is 12.2 Å². The highest BCUT2D eigenvalue weighted by Gasteiger charge is 2.12. The molecule has 1 rings (SSSR count). The van der Waals surface area contributed by atoms with Crippen molar-refractivity contribution < 1.29 is 33.9 Å². The van der Waals surface area contributed by atoms with Gasteiger partial charge in [-0.1, -0.05) is 25.8 Å². The Labute approximate surface area is 128 Å². The van der Waals surface area contributed by atoms with Crippen LogP contribution in [0.25, 0.3) is 0 Å². The highest BCUT2D eigenvalue weighted by Crippen LogP contribution is 2.14. The molecule has 7 nitrogen and oxygen atoms in total. The second kappa shape index (κ2) is 10.4. The Morgan fingerprint density at radius 2 is 1.91 bits per heavy atom. The molecular weight excluding hydrogens is 292 g/mol. The van der Waals surface area contributed by atoms with Gasteiger partial charge < -0.3 is 9.47 Å². The second-order valence-electron chi connectivity index (χ2n) is 4.29. The van der Waals surface area contributed by atoms with Crippen molar-refractivity contribution in [3.8, 4) is 5.75 Å². The lowest BCUT2D eigenvalue weighted by Gasteiger charge is -2.05. The monoisotopic (exact) mass is 312 g/mol. The molecule has 0 aliphatic heterocycles. The van der Waals surface area contributed by atoms with Crippen molar-refractivity contribution in [2.45, 2.75) is 33.1 Å². The lowest BCUT2D eigenvalue weighted by Crippen LogP contribution is -2.12. The zero-order valence-corrected chi connectivity index (χ0v) is 12.7. The number of benzene rings is 1. The molecule has 0 fully saturated rings. The van der Waals surface area contributed by atoms with Crippen molar-refractivity contribution in [2.75, 3.05) is 13.2 Å². The third kappa shape index (κ3) is 6.94. The summed E-state index contributed by atoms with van der Waals surface area (Å²) in [7, 11) is 0. The fourth-order valence-corrected chi connectivity index (χ4v) is 1.53. The van der Waals surface area contributed by atoms with E-state index in [1.54, 1.807) is 12.1 Å². The van der Waals surface area contributed by atoms with E-state index in [4.69, 9.17) is 4.74 Å². The molecule has 0 bridgehead atoms. The van der Waals surface area contributed by atoms with Crippen LogP contribution < -0.4 is 4.74 Å². The maximum absolute atomic E-state index is 11.6. The van der Waals surface area contributed by atoms with Crippen LogP contribution >= 0.6 is 0 Å². The first-order valence-corrected chi connectivity index (χ1v) is 7.12. The van der Waals surface area contributed by atoms with Crippen LogP contribution in [-0.4, -0.2) is 25.3 Å². The first kappa shape index (κ1) is 17.8. The first-order chi connectivity index (χ1) is 10.7. The molecule has 0 spiro atoms. The fraction of sp³-hybridized carbons (Fsp3) is 0.467. The van der Waals surface area contributed by atoms with Crippen molar-refractivity contribution in [2.24, 2.45) is 0 Å². The molecule has 0 unspecified atom stereocenters. The van der Waals surface area contributed by atoms with Gasteiger partial charge in [-0.3, -0.25) is 4.89 Å². The number of carbonyl (C=O) groups is 2. The van der Waals surface area contributed by atoms with E-state index < -0.39 is 12.1 Å². The average Bonchev–Trinajstić information content (AvgIpc) is 2.52. The predicted molar refractivity (Wildman–Crippen MR) is 76.1 cm³/mol. The van der Waals surface area contributed by atoms with E-state index in [1.165, 1.54) is 12.1 Å². The van der Waals surface area contributed by atoms with E-state index in [1.807, 2.05) is 13.8 Å².